The van der Waals surface area contributed by atoms with Crippen LogP contribution in [0.25, 0.3) is 0 Å². The fraction of sp³-hybridized carbons (Fsp3) is 0.133. The Balaban J connectivity index is 2.34. The Morgan fingerprint density at radius 2 is 1.65 bits per heavy atom. The summed E-state index contributed by atoms with van der Waals surface area (Å²) in [6.07, 6.45) is 0. The number of carbonyl (C=O) groups excluding carboxylic acids is 1. The van der Waals surface area contributed by atoms with E-state index < -0.39 is 22.5 Å². The summed E-state index contributed by atoms with van der Waals surface area (Å²) in [6.45, 7) is -0.359. The first-order chi connectivity index (χ1) is 10.8. The Labute approximate surface area is 148 Å². The van der Waals surface area contributed by atoms with E-state index in [1.807, 2.05) is 0 Å². The van der Waals surface area contributed by atoms with Crippen molar-refractivity contribution in [1.82, 2.24) is 4.31 Å². The number of primary amides is 1. The third-order valence-electron chi connectivity index (χ3n) is 3.06. The standard InChI is InChI=1S/C15H14BrClN2O3S/c16-12-3-1-11(2-4-12)9-19(10-15(18)20)23(21,22)14-7-5-13(17)6-8-14/h1-8H,9-10H2,(H2,18,20). The van der Waals surface area contributed by atoms with Gasteiger partial charge in [0.2, 0.25) is 15.9 Å². The van der Waals surface area contributed by atoms with Crippen LogP contribution in [0.1, 0.15) is 5.56 Å². The van der Waals surface area contributed by atoms with Crippen LogP contribution in [0.15, 0.2) is 57.9 Å². The molecule has 0 fully saturated rings. The first kappa shape index (κ1) is 17.9. The van der Waals surface area contributed by atoms with Gasteiger partial charge in [-0.2, -0.15) is 4.31 Å². The molecular formula is C15H14BrClN2O3S. The number of rotatable bonds is 6. The molecule has 0 atom stereocenters. The van der Waals surface area contributed by atoms with Crippen molar-refractivity contribution >= 4 is 43.5 Å². The van der Waals surface area contributed by atoms with Gasteiger partial charge in [0.1, 0.15) is 0 Å². The zero-order valence-corrected chi connectivity index (χ0v) is 15.1. The second-order valence-corrected chi connectivity index (χ2v) is 8.11. The summed E-state index contributed by atoms with van der Waals surface area (Å²) in [4.78, 5) is 11.3. The van der Waals surface area contributed by atoms with Gasteiger partial charge in [-0.15, -0.1) is 0 Å². The highest BCUT2D eigenvalue weighted by Gasteiger charge is 2.26. The van der Waals surface area contributed by atoms with Crippen molar-refractivity contribution < 1.29 is 13.2 Å². The lowest BCUT2D eigenvalue weighted by atomic mass is 10.2. The van der Waals surface area contributed by atoms with Crippen LogP contribution in [0.5, 0.6) is 0 Å². The molecule has 2 aromatic rings. The molecule has 1 amide bonds. The number of benzene rings is 2. The lowest BCUT2D eigenvalue weighted by Crippen LogP contribution is -2.37. The minimum absolute atomic E-state index is 0.0428. The molecule has 0 aromatic heterocycles. The maximum atomic E-state index is 12.7. The minimum atomic E-state index is -3.86. The molecule has 2 N–H and O–H groups in total. The summed E-state index contributed by atoms with van der Waals surface area (Å²) >= 11 is 9.10. The number of hydrogen-bond donors (Lipinski definition) is 1. The van der Waals surface area contributed by atoms with Gasteiger partial charge in [0.25, 0.3) is 0 Å². The van der Waals surface area contributed by atoms with E-state index in [0.717, 1.165) is 14.3 Å². The molecule has 2 aromatic carbocycles. The molecule has 0 spiro atoms. The van der Waals surface area contributed by atoms with Gasteiger partial charge >= 0.3 is 0 Å². The lowest BCUT2D eigenvalue weighted by Gasteiger charge is -2.21. The zero-order chi connectivity index (χ0) is 17.0. The summed E-state index contributed by atoms with van der Waals surface area (Å²) in [7, 11) is -3.86. The number of halogens is 2. The van der Waals surface area contributed by atoms with E-state index in [9.17, 15) is 13.2 Å². The second kappa shape index (κ2) is 7.44. The summed E-state index contributed by atoms with van der Waals surface area (Å²) < 4.78 is 27.4. The smallest absolute Gasteiger partial charge is 0.243 e. The molecule has 0 saturated carbocycles. The highest BCUT2D eigenvalue weighted by atomic mass is 79.9. The summed E-state index contributed by atoms with van der Waals surface area (Å²) in [5, 5.41) is 0.429. The lowest BCUT2D eigenvalue weighted by molar-refractivity contribution is -0.118. The SMILES string of the molecule is NC(=O)CN(Cc1ccc(Br)cc1)S(=O)(=O)c1ccc(Cl)cc1. The molecule has 0 saturated heterocycles. The predicted molar refractivity (Wildman–Crippen MR) is 92.4 cm³/mol. The van der Waals surface area contributed by atoms with Gasteiger partial charge in [-0.05, 0) is 42.0 Å². The normalized spacial score (nSPS) is 11.6. The number of hydrogen-bond acceptors (Lipinski definition) is 3. The molecule has 0 unspecified atom stereocenters. The van der Waals surface area contributed by atoms with Gasteiger partial charge in [-0.3, -0.25) is 4.79 Å². The Bertz CT molecular complexity index is 792. The highest BCUT2D eigenvalue weighted by Crippen LogP contribution is 2.21. The number of carbonyl (C=O) groups is 1. The first-order valence-corrected chi connectivity index (χ1v) is 9.18. The van der Waals surface area contributed by atoms with E-state index in [2.05, 4.69) is 15.9 Å². The molecule has 23 heavy (non-hydrogen) atoms. The topological polar surface area (TPSA) is 80.5 Å². The van der Waals surface area contributed by atoms with Gasteiger partial charge < -0.3 is 5.73 Å². The van der Waals surface area contributed by atoms with E-state index in [4.69, 9.17) is 17.3 Å². The molecule has 0 bridgehead atoms. The van der Waals surface area contributed by atoms with Crippen LogP contribution in [0, 0.1) is 0 Å². The first-order valence-electron chi connectivity index (χ1n) is 6.57. The summed E-state index contributed by atoms with van der Waals surface area (Å²) in [6, 6.07) is 12.9. The molecule has 5 nitrogen and oxygen atoms in total. The van der Waals surface area contributed by atoms with Gasteiger partial charge in [-0.1, -0.05) is 39.7 Å². The monoisotopic (exact) mass is 416 g/mol. The fourth-order valence-electron chi connectivity index (χ4n) is 1.95. The maximum absolute atomic E-state index is 12.7. The van der Waals surface area contributed by atoms with Crippen LogP contribution in [0.4, 0.5) is 0 Å². The quantitative estimate of drug-likeness (QED) is 0.785. The second-order valence-electron chi connectivity index (χ2n) is 4.82. The van der Waals surface area contributed by atoms with E-state index in [-0.39, 0.29) is 11.4 Å². The van der Waals surface area contributed by atoms with Gasteiger partial charge in [0, 0.05) is 16.0 Å². The number of amides is 1. The van der Waals surface area contributed by atoms with Crippen LogP contribution < -0.4 is 5.73 Å². The van der Waals surface area contributed by atoms with Crippen molar-refractivity contribution in [3.63, 3.8) is 0 Å². The van der Waals surface area contributed by atoms with Gasteiger partial charge in [0.15, 0.2) is 0 Å². The fourth-order valence-corrected chi connectivity index (χ4v) is 3.73. The Kier molecular flexibility index (Phi) is 5.80. The van der Waals surface area contributed by atoms with Crippen molar-refractivity contribution in [2.45, 2.75) is 11.4 Å². The number of sulfonamides is 1. The molecule has 0 aliphatic carbocycles. The molecule has 0 heterocycles. The van der Waals surface area contributed by atoms with Crippen LogP contribution in [-0.2, 0) is 21.4 Å². The highest BCUT2D eigenvalue weighted by molar-refractivity contribution is 9.10. The van der Waals surface area contributed by atoms with Crippen LogP contribution >= 0.6 is 27.5 Å². The molecule has 8 heteroatoms. The maximum Gasteiger partial charge on any atom is 0.243 e. The molecule has 0 aliphatic rings. The van der Waals surface area contributed by atoms with Crippen LogP contribution in [0.3, 0.4) is 0 Å². The van der Waals surface area contributed by atoms with Crippen molar-refractivity contribution in [2.75, 3.05) is 6.54 Å². The third kappa shape index (κ3) is 4.78. The van der Waals surface area contributed by atoms with Crippen molar-refractivity contribution in [2.24, 2.45) is 5.73 Å². The average Bonchev–Trinajstić information content (AvgIpc) is 2.49. The van der Waals surface area contributed by atoms with Crippen molar-refractivity contribution in [1.29, 1.82) is 0 Å². The minimum Gasteiger partial charge on any atom is -0.369 e. The Morgan fingerprint density at radius 1 is 1.09 bits per heavy atom. The van der Waals surface area contributed by atoms with Gasteiger partial charge in [0.05, 0.1) is 11.4 Å². The summed E-state index contributed by atoms with van der Waals surface area (Å²) in [5.41, 5.74) is 5.94. The van der Waals surface area contributed by atoms with Crippen molar-refractivity contribution in [3.8, 4) is 0 Å². The van der Waals surface area contributed by atoms with Crippen LogP contribution in [-0.4, -0.2) is 25.2 Å². The third-order valence-corrected chi connectivity index (χ3v) is 5.64. The van der Waals surface area contributed by atoms with E-state index in [0.29, 0.717) is 5.02 Å². The molecule has 0 aliphatic heterocycles. The molecule has 0 radical (unpaired) electrons. The largest absolute Gasteiger partial charge is 0.369 e. The van der Waals surface area contributed by atoms with E-state index in [1.165, 1.54) is 24.3 Å². The van der Waals surface area contributed by atoms with E-state index >= 15 is 0 Å². The number of nitrogens with zero attached hydrogens (tertiary/aromatic N) is 1. The van der Waals surface area contributed by atoms with E-state index in [1.54, 1.807) is 24.3 Å². The van der Waals surface area contributed by atoms with Gasteiger partial charge in [-0.25, -0.2) is 8.42 Å². The molecule has 2 rings (SSSR count). The predicted octanol–water partition coefficient (Wildman–Crippen LogP) is 2.78. The van der Waals surface area contributed by atoms with Crippen LogP contribution in [0.2, 0.25) is 5.02 Å². The molecular weight excluding hydrogens is 404 g/mol. The Morgan fingerprint density at radius 3 is 2.17 bits per heavy atom. The Hall–Kier alpha value is -1.41. The molecule has 122 valence electrons. The average molecular weight is 418 g/mol. The zero-order valence-electron chi connectivity index (χ0n) is 11.9. The number of nitrogens with two attached hydrogens (primary N) is 1. The summed E-state index contributed by atoms with van der Waals surface area (Å²) in [5.74, 6) is -0.723. The van der Waals surface area contributed by atoms with Crippen molar-refractivity contribution in [3.05, 3.63) is 63.6 Å².